The first kappa shape index (κ1) is 8.49. The molecule has 0 saturated carbocycles. The Kier molecular flexibility index (Phi) is 2.70. The van der Waals surface area contributed by atoms with E-state index in [-0.39, 0.29) is 5.54 Å². The largest absolute Gasteiger partial charge is 0.311 e. The maximum absolute atomic E-state index is 6.86. The summed E-state index contributed by atoms with van der Waals surface area (Å²) in [7, 11) is 0. The number of rotatable bonds is 2. The summed E-state index contributed by atoms with van der Waals surface area (Å²) in [5, 5.41) is 0. The molecule has 1 atom stereocenters. The van der Waals surface area contributed by atoms with Gasteiger partial charge in [-0.25, -0.2) is 6.57 Å². The molecule has 0 bridgehead atoms. The smallest absolute Gasteiger partial charge is 0.229 e. The van der Waals surface area contributed by atoms with E-state index in [4.69, 9.17) is 6.57 Å². The van der Waals surface area contributed by atoms with Crippen molar-refractivity contribution in [2.45, 2.75) is 39.7 Å². The summed E-state index contributed by atoms with van der Waals surface area (Å²) in [6.07, 6.45) is 1.09. The molecule has 0 N–H and O–H groups in total. The van der Waals surface area contributed by atoms with Crippen LogP contribution in [0.25, 0.3) is 4.85 Å². The van der Waals surface area contributed by atoms with Crippen molar-refractivity contribution in [2.75, 3.05) is 0 Å². The normalized spacial score (nSPS) is 14.6. The third kappa shape index (κ3) is 2.05. The van der Waals surface area contributed by atoms with Crippen LogP contribution in [0, 0.1) is 12.5 Å². The first-order valence-corrected chi connectivity index (χ1v) is 3.43. The Morgan fingerprint density at radius 2 is 2.00 bits per heavy atom. The lowest BCUT2D eigenvalue weighted by Crippen LogP contribution is -2.23. The van der Waals surface area contributed by atoms with Crippen LogP contribution in [0.2, 0.25) is 0 Å². The molecule has 0 aromatic carbocycles. The Balaban J connectivity index is 4.01. The van der Waals surface area contributed by atoms with E-state index in [1.807, 2.05) is 13.8 Å². The third-order valence-electron chi connectivity index (χ3n) is 2.11. The molecule has 0 aliphatic heterocycles. The molecule has 0 amide bonds. The van der Waals surface area contributed by atoms with Crippen molar-refractivity contribution >= 4 is 0 Å². The van der Waals surface area contributed by atoms with Gasteiger partial charge in [-0.2, -0.15) is 0 Å². The van der Waals surface area contributed by atoms with Crippen LogP contribution in [-0.4, -0.2) is 5.54 Å². The molecule has 0 spiro atoms. The number of hydrogen-bond donors (Lipinski definition) is 0. The average Bonchev–Trinajstić information content (AvgIpc) is 1.86. The molecule has 0 aliphatic carbocycles. The van der Waals surface area contributed by atoms with Gasteiger partial charge in [0, 0.05) is 19.8 Å². The van der Waals surface area contributed by atoms with Crippen molar-refractivity contribution in [2.24, 2.45) is 5.92 Å². The van der Waals surface area contributed by atoms with Gasteiger partial charge in [-0.3, -0.25) is 0 Å². The van der Waals surface area contributed by atoms with Crippen molar-refractivity contribution in [3.63, 3.8) is 0 Å². The maximum Gasteiger partial charge on any atom is 0.229 e. The van der Waals surface area contributed by atoms with Crippen LogP contribution >= 0.6 is 0 Å². The Morgan fingerprint density at radius 1 is 1.56 bits per heavy atom. The van der Waals surface area contributed by atoms with Gasteiger partial charge in [-0.1, -0.05) is 13.8 Å². The van der Waals surface area contributed by atoms with Gasteiger partial charge in [-0.15, -0.1) is 0 Å². The van der Waals surface area contributed by atoms with Crippen molar-refractivity contribution < 1.29 is 0 Å². The van der Waals surface area contributed by atoms with E-state index in [9.17, 15) is 0 Å². The van der Waals surface area contributed by atoms with E-state index in [0.717, 1.165) is 6.42 Å². The Labute approximate surface area is 57.9 Å². The lowest BCUT2D eigenvalue weighted by atomic mass is 9.88. The quantitative estimate of drug-likeness (QED) is 0.500. The highest BCUT2D eigenvalue weighted by Gasteiger charge is 2.29. The first-order valence-electron chi connectivity index (χ1n) is 3.43. The monoisotopic (exact) mass is 125 g/mol. The van der Waals surface area contributed by atoms with Gasteiger partial charge < -0.3 is 4.85 Å². The second-order valence-electron chi connectivity index (χ2n) is 3.07. The van der Waals surface area contributed by atoms with E-state index >= 15 is 0 Å². The van der Waals surface area contributed by atoms with Gasteiger partial charge in [-0.05, 0) is 6.42 Å². The summed E-state index contributed by atoms with van der Waals surface area (Å²) in [5.41, 5.74) is -0.158. The summed E-state index contributed by atoms with van der Waals surface area (Å²) in [4.78, 5) is 3.54. The zero-order chi connectivity index (χ0) is 7.49. The van der Waals surface area contributed by atoms with Crippen LogP contribution in [0.4, 0.5) is 0 Å². The van der Waals surface area contributed by atoms with Gasteiger partial charge in [0.05, 0.1) is 0 Å². The SMILES string of the molecule is [C-]#[N+]C(C)(C)[C@@H](C)CC. The number of nitrogens with zero attached hydrogens (tertiary/aromatic N) is 1. The summed E-state index contributed by atoms with van der Waals surface area (Å²) in [6.45, 7) is 15.1. The maximum atomic E-state index is 6.86. The summed E-state index contributed by atoms with van der Waals surface area (Å²) in [6, 6.07) is 0. The summed E-state index contributed by atoms with van der Waals surface area (Å²) < 4.78 is 0. The van der Waals surface area contributed by atoms with Crippen LogP contribution in [-0.2, 0) is 0 Å². The molecule has 0 saturated heterocycles. The van der Waals surface area contributed by atoms with Crippen molar-refractivity contribution in [3.05, 3.63) is 11.4 Å². The van der Waals surface area contributed by atoms with Crippen LogP contribution in [0.1, 0.15) is 34.1 Å². The zero-order valence-electron chi connectivity index (χ0n) is 6.73. The Hall–Kier alpha value is -0.510. The van der Waals surface area contributed by atoms with Crippen molar-refractivity contribution in [1.82, 2.24) is 0 Å². The van der Waals surface area contributed by atoms with Crippen LogP contribution in [0.5, 0.6) is 0 Å². The van der Waals surface area contributed by atoms with Crippen molar-refractivity contribution in [3.8, 4) is 0 Å². The van der Waals surface area contributed by atoms with E-state index in [2.05, 4.69) is 18.7 Å². The lowest BCUT2D eigenvalue weighted by Gasteiger charge is -2.17. The predicted octanol–water partition coefficient (Wildman–Crippen LogP) is 2.73. The fourth-order valence-corrected chi connectivity index (χ4v) is 0.610. The standard InChI is InChI=1S/C8H15N/c1-6-7(2)8(3,4)9-5/h7H,6H2,1-4H3/t7-/m0/s1. The second kappa shape index (κ2) is 2.87. The predicted molar refractivity (Wildman–Crippen MR) is 40.1 cm³/mol. The van der Waals surface area contributed by atoms with Crippen LogP contribution in [0.15, 0.2) is 0 Å². The van der Waals surface area contributed by atoms with E-state index in [1.54, 1.807) is 0 Å². The molecule has 0 aromatic rings. The molecule has 0 rings (SSSR count). The Bertz CT molecular complexity index is 119. The molecular weight excluding hydrogens is 110 g/mol. The summed E-state index contributed by atoms with van der Waals surface area (Å²) in [5.74, 6) is 0.509. The molecular formula is C8H15N. The van der Waals surface area contributed by atoms with Gasteiger partial charge in [0.25, 0.3) is 0 Å². The highest BCUT2D eigenvalue weighted by Crippen LogP contribution is 2.22. The molecule has 0 aliphatic rings. The lowest BCUT2D eigenvalue weighted by molar-refractivity contribution is 0.392. The fraction of sp³-hybridized carbons (Fsp3) is 0.875. The second-order valence-corrected chi connectivity index (χ2v) is 3.07. The molecule has 0 fully saturated rings. The molecule has 52 valence electrons. The van der Waals surface area contributed by atoms with Gasteiger partial charge in [0.15, 0.2) is 0 Å². The third-order valence-corrected chi connectivity index (χ3v) is 2.11. The highest BCUT2D eigenvalue weighted by molar-refractivity contribution is 4.93. The molecule has 1 heteroatoms. The topological polar surface area (TPSA) is 4.36 Å². The minimum atomic E-state index is -0.158. The summed E-state index contributed by atoms with van der Waals surface area (Å²) >= 11 is 0. The van der Waals surface area contributed by atoms with Gasteiger partial charge in [0.1, 0.15) is 0 Å². The molecule has 0 heterocycles. The fourth-order valence-electron chi connectivity index (χ4n) is 0.610. The minimum absolute atomic E-state index is 0.158. The zero-order valence-corrected chi connectivity index (χ0v) is 6.73. The molecule has 0 aromatic heterocycles. The molecule has 0 unspecified atom stereocenters. The van der Waals surface area contributed by atoms with E-state index in [1.165, 1.54) is 0 Å². The van der Waals surface area contributed by atoms with Crippen molar-refractivity contribution in [1.29, 1.82) is 0 Å². The van der Waals surface area contributed by atoms with Gasteiger partial charge in [0.2, 0.25) is 5.54 Å². The van der Waals surface area contributed by atoms with E-state index < -0.39 is 0 Å². The van der Waals surface area contributed by atoms with E-state index in [0.29, 0.717) is 5.92 Å². The first-order chi connectivity index (χ1) is 4.04. The molecule has 0 radical (unpaired) electrons. The number of hydrogen-bond acceptors (Lipinski definition) is 0. The minimum Gasteiger partial charge on any atom is -0.311 e. The van der Waals surface area contributed by atoms with Crippen LogP contribution < -0.4 is 0 Å². The highest BCUT2D eigenvalue weighted by atomic mass is 14.8. The average molecular weight is 125 g/mol. The van der Waals surface area contributed by atoms with Gasteiger partial charge >= 0.3 is 0 Å². The molecule has 9 heavy (non-hydrogen) atoms. The Morgan fingerprint density at radius 3 is 2.11 bits per heavy atom. The molecule has 1 nitrogen and oxygen atoms in total. The van der Waals surface area contributed by atoms with Crippen LogP contribution in [0.3, 0.4) is 0 Å².